The largest absolute Gasteiger partial charge is 0.388 e. The third kappa shape index (κ3) is 17.4. The lowest BCUT2D eigenvalue weighted by molar-refractivity contribution is -0.128. The summed E-state index contributed by atoms with van der Waals surface area (Å²) in [5.74, 6) is 0.307. The van der Waals surface area contributed by atoms with Crippen LogP contribution in [0, 0.1) is 5.92 Å². The monoisotopic (exact) mass is 359 g/mol. The lowest BCUT2D eigenvalue weighted by Crippen LogP contribution is -2.27. The molecule has 0 spiro atoms. The molecule has 0 aliphatic heterocycles. The molecule has 0 aromatic heterocycles. The fourth-order valence-electron chi connectivity index (χ4n) is 2.06. The predicted octanol–water partition coefficient (Wildman–Crippen LogP) is 2.71. The zero-order valence-corrected chi connectivity index (χ0v) is 16.7. The summed E-state index contributed by atoms with van der Waals surface area (Å²) in [6.07, 6.45) is 7.47. The maximum atomic E-state index is 11.9. The van der Waals surface area contributed by atoms with Gasteiger partial charge in [0.05, 0.1) is 19.8 Å². The van der Waals surface area contributed by atoms with Gasteiger partial charge in [0.1, 0.15) is 6.61 Å². The maximum absolute atomic E-state index is 11.9. The van der Waals surface area contributed by atoms with Crippen molar-refractivity contribution in [2.24, 2.45) is 5.92 Å². The Kier molecular flexibility index (Phi) is 21.6. The Labute approximate surface area is 153 Å². The van der Waals surface area contributed by atoms with Crippen molar-refractivity contribution < 1.29 is 23.8 Å². The number of rotatable bonds is 15. The van der Waals surface area contributed by atoms with E-state index in [-0.39, 0.29) is 18.3 Å². The number of amides is 1. The van der Waals surface area contributed by atoms with Crippen LogP contribution in [0.1, 0.15) is 40.0 Å². The molecule has 0 saturated heterocycles. The van der Waals surface area contributed by atoms with Gasteiger partial charge in [0.25, 0.3) is 0 Å². The summed E-state index contributed by atoms with van der Waals surface area (Å²) in [5, 5.41) is 0. The maximum Gasteiger partial charge on any atom is 0.210 e. The van der Waals surface area contributed by atoms with Crippen LogP contribution < -0.4 is 0 Å². The molecular weight excluding hydrogens is 322 g/mol. The van der Waals surface area contributed by atoms with Crippen molar-refractivity contribution in [3.8, 4) is 0 Å². The average Bonchev–Trinajstić information content (AvgIpc) is 2.61. The van der Waals surface area contributed by atoms with Crippen LogP contribution in [0.25, 0.3) is 0 Å². The summed E-state index contributed by atoms with van der Waals surface area (Å²) in [6.45, 7) is 8.69. The first-order valence-corrected chi connectivity index (χ1v) is 8.99. The van der Waals surface area contributed by atoms with E-state index < -0.39 is 0 Å². The van der Waals surface area contributed by atoms with Gasteiger partial charge in [0, 0.05) is 33.2 Å². The molecule has 1 amide bonds. The van der Waals surface area contributed by atoms with Gasteiger partial charge in [-0.25, -0.2) is 0 Å². The highest BCUT2D eigenvalue weighted by molar-refractivity contribution is 5.82. The summed E-state index contributed by atoms with van der Waals surface area (Å²) >= 11 is 0. The van der Waals surface area contributed by atoms with Crippen molar-refractivity contribution in [3.63, 3.8) is 0 Å². The minimum atomic E-state index is 0.124. The molecule has 0 aromatic carbocycles. The Hall–Kier alpha value is -1.24. The fraction of sp³-hybridized carbons (Fsp3) is 0.789. The third-order valence-corrected chi connectivity index (χ3v) is 3.45. The van der Waals surface area contributed by atoms with E-state index in [1.807, 2.05) is 26.0 Å². The average molecular weight is 360 g/mol. The Morgan fingerprint density at radius 3 is 2.28 bits per heavy atom. The molecule has 148 valence electrons. The van der Waals surface area contributed by atoms with Gasteiger partial charge in [-0.15, -0.1) is 0 Å². The molecule has 1 atom stereocenters. The number of hydrogen-bond donors (Lipinski definition) is 0. The van der Waals surface area contributed by atoms with Crippen LogP contribution >= 0.6 is 0 Å². The first-order chi connectivity index (χ1) is 12.1. The fourth-order valence-corrected chi connectivity index (χ4v) is 2.06. The molecule has 0 aromatic rings. The molecule has 0 radical (unpaired) electrons. The zero-order valence-electron chi connectivity index (χ0n) is 16.7. The number of methoxy groups -OCH3 is 1. The highest BCUT2D eigenvalue weighted by Crippen LogP contribution is 2.11. The molecule has 1 unspecified atom stereocenters. The van der Waals surface area contributed by atoms with E-state index in [2.05, 4.69) is 11.7 Å². The molecular formula is C19H37NO5. The van der Waals surface area contributed by atoms with Gasteiger partial charge >= 0.3 is 0 Å². The summed E-state index contributed by atoms with van der Waals surface area (Å²) in [6, 6.07) is 0. The highest BCUT2D eigenvalue weighted by atomic mass is 16.5. The Morgan fingerprint density at radius 1 is 1.12 bits per heavy atom. The standard InChI is InChI=1S/C17H31NO4.C2H6O/c1-4-7-9-18(15-19)10-11-21-12-13-22-14-17(20)16(6-3)8-5-2;1-3-2/h4,7,15-16H,5-6,8-14H2,1-3H3;1-2H3/b7-4-;. The minimum Gasteiger partial charge on any atom is -0.388 e. The van der Waals surface area contributed by atoms with Crippen LogP contribution in [0.15, 0.2) is 12.2 Å². The van der Waals surface area contributed by atoms with Crippen LogP contribution in [0.5, 0.6) is 0 Å². The number of nitrogens with zero attached hydrogens (tertiary/aromatic N) is 1. The van der Waals surface area contributed by atoms with E-state index in [9.17, 15) is 9.59 Å². The van der Waals surface area contributed by atoms with Crippen molar-refractivity contribution in [3.05, 3.63) is 12.2 Å². The van der Waals surface area contributed by atoms with Gasteiger partial charge < -0.3 is 19.1 Å². The lowest BCUT2D eigenvalue weighted by atomic mass is 9.96. The lowest BCUT2D eigenvalue weighted by Gasteiger charge is -2.15. The summed E-state index contributed by atoms with van der Waals surface area (Å²) in [5.41, 5.74) is 0. The number of carbonyl (C=O) groups is 2. The summed E-state index contributed by atoms with van der Waals surface area (Å²) in [4.78, 5) is 24.3. The smallest absolute Gasteiger partial charge is 0.210 e. The summed E-state index contributed by atoms with van der Waals surface area (Å²) < 4.78 is 15.0. The van der Waals surface area contributed by atoms with Crippen molar-refractivity contribution in [1.82, 2.24) is 4.90 Å². The van der Waals surface area contributed by atoms with E-state index in [4.69, 9.17) is 9.47 Å². The predicted molar refractivity (Wildman–Crippen MR) is 101 cm³/mol. The molecule has 0 aliphatic rings. The third-order valence-electron chi connectivity index (χ3n) is 3.45. The zero-order chi connectivity index (χ0) is 19.3. The molecule has 0 saturated carbocycles. The second-order valence-corrected chi connectivity index (χ2v) is 5.60. The topological polar surface area (TPSA) is 65.1 Å². The first kappa shape index (κ1) is 26.0. The van der Waals surface area contributed by atoms with E-state index in [1.54, 1.807) is 19.1 Å². The number of hydrogen-bond acceptors (Lipinski definition) is 5. The Bertz CT molecular complexity index is 334. The van der Waals surface area contributed by atoms with Gasteiger partial charge in [0.2, 0.25) is 6.41 Å². The van der Waals surface area contributed by atoms with Crippen molar-refractivity contribution in [2.45, 2.75) is 40.0 Å². The number of Topliss-reactive ketones (excluding diaryl/α,β-unsaturated/α-hetero) is 1. The number of ether oxygens (including phenoxy) is 3. The van der Waals surface area contributed by atoms with Crippen LogP contribution in [-0.4, -0.2) is 70.8 Å². The first-order valence-electron chi connectivity index (χ1n) is 8.99. The van der Waals surface area contributed by atoms with Crippen LogP contribution in [0.3, 0.4) is 0 Å². The summed E-state index contributed by atoms with van der Waals surface area (Å²) in [7, 11) is 3.25. The van der Waals surface area contributed by atoms with Crippen molar-refractivity contribution in [1.29, 1.82) is 0 Å². The normalized spacial score (nSPS) is 11.7. The Morgan fingerprint density at radius 2 is 1.76 bits per heavy atom. The molecule has 0 rings (SSSR count). The molecule has 0 aliphatic carbocycles. The molecule has 0 heterocycles. The van der Waals surface area contributed by atoms with E-state index >= 15 is 0 Å². The number of ketones is 1. The number of carbonyl (C=O) groups excluding carboxylic acids is 2. The van der Waals surface area contributed by atoms with Crippen LogP contribution in [0.2, 0.25) is 0 Å². The van der Waals surface area contributed by atoms with Crippen LogP contribution in [-0.2, 0) is 23.8 Å². The number of allylic oxidation sites excluding steroid dienone is 1. The Balaban J connectivity index is 0. The molecule has 0 bridgehead atoms. The quantitative estimate of drug-likeness (QED) is 0.255. The molecule has 6 nitrogen and oxygen atoms in total. The second kappa shape index (κ2) is 20.8. The van der Waals surface area contributed by atoms with Crippen molar-refractivity contribution >= 4 is 12.2 Å². The molecule has 0 fully saturated rings. The van der Waals surface area contributed by atoms with Gasteiger partial charge in [-0.3, -0.25) is 9.59 Å². The minimum absolute atomic E-state index is 0.124. The van der Waals surface area contributed by atoms with Gasteiger partial charge in [-0.1, -0.05) is 32.4 Å². The molecule has 25 heavy (non-hydrogen) atoms. The van der Waals surface area contributed by atoms with E-state index in [1.165, 1.54) is 0 Å². The van der Waals surface area contributed by atoms with Gasteiger partial charge in [-0.2, -0.15) is 0 Å². The second-order valence-electron chi connectivity index (χ2n) is 5.60. The van der Waals surface area contributed by atoms with Crippen LogP contribution in [0.4, 0.5) is 0 Å². The molecule has 6 heteroatoms. The van der Waals surface area contributed by atoms with Crippen molar-refractivity contribution in [2.75, 3.05) is 53.7 Å². The molecule has 0 N–H and O–H groups in total. The van der Waals surface area contributed by atoms with Gasteiger partial charge in [0.15, 0.2) is 5.78 Å². The van der Waals surface area contributed by atoms with E-state index in [0.717, 1.165) is 25.7 Å². The SMILES string of the molecule is C/C=C\CN(C=O)CCOCCOCC(=O)C(CC)CCC.COC. The highest BCUT2D eigenvalue weighted by Gasteiger charge is 2.14. The van der Waals surface area contributed by atoms with Gasteiger partial charge in [-0.05, 0) is 19.8 Å². The van der Waals surface area contributed by atoms with E-state index in [0.29, 0.717) is 32.9 Å².